The molecule has 0 atom stereocenters. The highest BCUT2D eigenvalue weighted by Crippen LogP contribution is 2.37. The van der Waals surface area contributed by atoms with E-state index in [-0.39, 0.29) is 5.82 Å². The lowest BCUT2D eigenvalue weighted by molar-refractivity contribution is 0.00578. The van der Waals surface area contributed by atoms with Crippen LogP contribution in [-0.4, -0.2) is 34.7 Å². The summed E-state index contributed by atoms with van der Waals surface area (Å²) in [6, 6.07) is 3.55. The smallest absolute Gasteiger partial charge is 0.478 e. The zero-order valence-corrected chi connectivity index (χ0v) is 15.0. The first-order valence-electron chi connectivity index (χ1n) is 8.65. The van der Waals surface area contributed by atoms with Crippen LogP contribution in [0.4, 0.5) is 4.39 Å². The fraction of sp³-hybridized carbons (Fsp3) is 0.500. The number of benzene rings is 1. The lowest BCUT2D eigenvalue weighted by atomic mass is 9.78. The monoisotopic (exact) mass is 344 g/mol. The SMILES string of the molecule is CC1(C)OB(c2ccc3c(cnn3C3=CCCCO3)c2F)OC1(C)C. The topological polar surface area (TPSA) is 45.5 Å². The van der Waals surface area contributed by atoms with Crippen LogP contribution in [0.1, 0.15) is 40.5 Å². The van der Waals surface area contributed by atoms with Gasteiger partial charge in [-0.05, 0) is 52.7 Å². The van der Waals surface area contributed by atoms with Gasteiger partial charge in [-0.15, -0.1) is 0 Å². The first kappa shape index (κ1) is 16.6. The highest BCUT2D eigenvalue weighted by molar-refractivity contribution is 6.62. The van der Waals surface area contributed by atoms with Crippen molar-refractivity contribution in [3.05, 3.63) is 30.2 Å². The van der Waals surface area contributed by atoms with E-state index in [4.69, 9.17) is 14.0 Å². The average Bonchev–Trinajstić information content (AvgIpc) is 3.08. The molecule has 2 aliphatic rings. The van der Waals surface area contributed by atoms with E-state index in [2.05, 4.69) is 5.10 Å². The molecule has 4 rings (SSSR count). The molecular weight excluding hydrogens is 322 g/mol. The van der Waals surface area contributed by atoms with Gasteiger partial charge in [-0.2, -0.15) is 5.10 Å². The van der Waals surface area contributed by atoms with Gasteiger partial charge in [0.15, 0.2) is 0 Å². The summed E-state index contributed by atoms with van der Waals surface area (Å²) in [7, 11) is -0.733. The third-order valence-corrected chi connectivity index (χ3v) is 5.35. The predicted molar refractivity (Wildman–Crippen MR) is 94.9 cm³/mol. The summed E-state index contributed by atoms with van der Waals surface area (Å²) in [6.45, 7) is 8.47. The Hall–Kier alpha value is -1.86. The van der Waals surface area contributed by atoms with Gasteiger partial charge in [-0.1, -0.05) is 6.07 Å². The minimum atomic E-state index is -0.733. The minimum absolute atomic E-state index is 0.362. The summed E-state index contributed by atoms with van der Waals surface area (Å²) < 4.78 is 34.4. The molecule has 2 aromatic rings. The standard InChI is InChI=1S/C18H22BFN2O3/c1-17(2)18(3,4)25-19(24-17)13-8-9-14-12(16(13)20)11-21-22(14)15-7-5-6-10-23-15/h7-9,11H,5-6,10H2,1-4H3. The number of hydrogen-bond acceptors (Lipinski definition) is 4. The van der Waals surface area contributed by atoms with E-state index >= 15 is 4.39 Å². The van der Waals surface area contributed by atoms with Crippen LogP contribution in [-0.2, 0) is 14.0 Å². The van der Waals surface area contributed by atoms with Crippen molar-refractivity contribution in [2.24, 2.45) is 0 Å². The second kappa shape index (κ2) is 5.57. The van der Waals surface area contributed by atoms with Crippen molar-refractivity contribution in [3.8, 4) is 0 Å². The molecule has 0 N–H and O–H groups in total. The van der Waals surface area contributed by atoms with Gasteiger partial charge >= 0.3 is 7.12 Å². The van der Waals surface area contributed by atoms with E-state index in [1.807, 2.05) is 39.8 Å². The zero-order valence-electron chi connectivity index (χ0n) is 15.0. The second-order valence-corrected chi connectivity index (χ2v) is 7.58. The largest absolute Gasteiger partial charge is 0.497 e. The molecule has 0 aliphatic carbocycles. The van der Waals surface area contributed by atoms with Crippen LogP contribution in [0.2, 0.25) is 0 Å². The maximum Gasteiger partial charge on any atom is 0.497 e. The van der Waals surface area contributed by atoms with Gasteiger partial charge in [-0.3, -0.25) is 0 Å². The fourth-order valence-electron chi connectivity index (χ4n) is 3.10. The summed E-state index contributed by atoms with van der Waals surface area (Å²) in [6.07, 6.45) is 5.43. The molecule has 1 fully saturated rings. The quantitative estimate of drug-likeness (QED) is 0.786. The summed E-state index contributed by atoms with van der Waals surface area (Å²) in [4.78, 5) is 0. The second-order valence-electron chi connectivity index (χ2n) is 7.58. The van der Waals surface area contributed by atoms with Crippen molar-refractivity contribution >= 4 is 29.4 Å². The Morgan fingerprint density at radius 1 is 1.16 bits per heavy atom. The number of rotatable bonds is 2. The van der Waals surface area contributed by atoms with Gasteiger partial charge in [0.25, 0.3) is 0 Å². The minimum Gasteiger partial charge on any atom is -0.478 e. The van der Waals surface area contributed by atoms with E-state index in [9.17, 15) is 0 Å². The number of halogens is 1. The van der Waals surface area contributed by atoms with Gasteiger partial charge in [0.05, 0.1) is 34.9 Å². The number of allylic oxidation sites excluding steroid dienone is 1. The predicted octanol–water partition coefficient (Wildman–Crippen LogP) is 3.08. The van der Waals surface area contributed by atoms with Gasteiger partial charge in [0, 0.05) is 5.46 Å². The molecule has 2 aliphatic heterocycles. The third kappa shape index (κ3) is 2.57. The molecule has 3 heterocycles. The molecule has 0 bridgehead atoms. The maximum atomic E-state index is 15.1. The van der Waals surface area contributed by atoms with Crippen molar-refractivity contribution in [2.75, 3.05) is 6.61 Å². The van der Waals surface area contributed by atoms with Crippen LogP contribution in [0.5, 0.6) is 0 Å². The van der Waals surface area contributed by atoms with Crippen molar-refractivity contribution < 1.29 is 18.4 Å². The first-order valence-corrected chi connectivity index (χ1v) is 8.65. The number of ether oxygens (including phenoxy) is 1. The molecule has 132 valence electrons. The third-order valence-electron chi connectivity index (χ3n) is 5.35. The summed E-state index contributed by atoms with van der Waals surface area (Å²) in [5.74, 6) is 0.294. The van der Waals surface area contributed by atoms with E-state index < -0.39 is 18.3 Å². The highest BCUT2D eigenvalue weighted by Gasteiger charge is 2.52. The van der Waals surface area contributed by atoms with Gasteiger partial charge < -0.3 is 14.0 Å². The van der Waals surface area contributed by atoms with E-state index in [1.54, 1.807) is 10.7 Å². The normalized spacial score (nSPS) is 22.1. The molecule has 5 nitrogen and oxygen atoms in total. The Morgan fingerprint density at radius 2 is 1.88 bits per heavy atom. The highest BCUT2D eigenvalue weighted by atomic mass is 19.1. The molecule has 0 spiro atoms. The molecule has 0 unspecified atom stereocenters. The van der Waals surface area contributed by atoms with Crippen molar-refractivity contribution in [3.63, 3.8) is 0 Å². The number of aromatic nitrogens is 2. The summed E-state index contributed by atoms with van der Waals surface area (Å²) in [5.41, 5.74) is 0.0451. The van der Waals surface area contributed by atoms with Crippen LogP contribution >= 0.6 is 0 Å². The average molecular weight is 344 g/mol. The number of hydrogen-bond donors (Lipinski definition) is 0. The van der Waals surface area contributed by atoms with E-state index in [0.29, 0.717) is 28.9 Å². The Bertz CT molecular complexity index is 843. The van der Waals surface area contributed by atoms with Crippen LogP contribution in [0, 0.1) is 5.82 Å². The first-order chi connectivity index (χ1) is 11.8. The molecule has 1 saturated heterocycles. The zero-order chi connectivity index (χ0) is 17.8. The Balaban J connectivity index is 1.74. The molecule has 7 heteroatoms. The van der Waals surface area contributed by atoms with Gasteiger partial charge in [0.1, 0.15) is 5.82 Å². The Morgan fingerprint density at radius 3 is 2.52 bits per heavy atom. The van der Waals surface area contributed by atoms with Gasteiger partial charge in [0.2, 0.25) is 5.88 Å². The fourth-order valence-corrected chi connectivity index (χ4v) is 3.10. The van der Waals surface area contributed by atoms with Crippen LogP contribution in [0.25, 0.3) is 16.8 Å². The maximum absolute atomic E-state index is 15.1. The number of nitrogens with zero attached hydrogens (tertiary/aromatic N) is 2. The lowest BCUT2D eigenvalue weighted by Gasteiger charge is -2.32. The Kier molecular flexibility index (Phi) is 3.70. The molecule has 0 amide bonds. The van der Waals surface area contributed by atoms with E-state index in [1.165, 1.54) is 6.20 Å². The molecule has 1 aromatic carbocycles. The van der Waals surface area contributed by atoms with Crippen LogP contribution in [0.15, 0.2) is 24.4 Å². The Labute approximate surface area is 146 Å². The van der Waals surface area contributed by atoms with Crippen molar-refractivity contribution in [1.29, 1.82) is 0 Å². The summed E-state index contributed by atoms with van der Waals surface area (Å²) >= 11 is 0. The van der Waals surface area contributed by atoms with Crippen LogP contribution < -0.4 is 5.46 Å². The summed E-state index contributed by atoms with van der Waals surface area (Å²) in [5, 5.41) is 4.74. The van der Waals surface area contributed by atoms with E-state index in [0.717, 1.165) is 12.8 Å². The van der Waals surface area contributed by atoms with Crippen molar-refractivity contribution in [2.45, 2.75) is 51.7 Å². The molecule has 25 heavy (non-hydrogen) atoms. The van der Waals surface area contributed by atoms with Crippen molar-refractivity contribution in [1.82, 2.24) is 9.78 Å². The molecule has 0 radical (unpaired) electrons. The lowest BCUT2D eigenvalue weighted by Crippen LogP contribution is -2.41. The molecule has 1 aromatic heterocycles. The van der Waals surface area contributed by atoms with Crippen LogP contribution in [0.3, 0.4) is 0 Å². The molecular formula is C18H22BFN2O3. The number of fused-ring (bicyclic) bond motifs is 1. The molecule has 0 saturated carbocycles. The van der Waals surface area contributed by atoms with Gasteiger partial charge in [-0.25, -0.2) is 9.07 Å².